The summed E-state index contributed by atoms with van der Waals surface area (Å²) in [6, 6.07) is 14.5. The van der Waals surface area contributed by atoms with Crippen molar-refractivity contribution in [1.82, 2.24) is 4.98 Å². The lowest BCUT2D eigenvalue weighted by Gasteiger charge is -2.04. The standard InChI is InChI=1S/C16H13N/c1-2-7-13(6-1)14-8-5-9-15(12-14)16-10-3-4-11-17-16/h1,3-12H,2H2. The molecule has 1 aromatic carbocycles. The number of nitrogens with zero attached hydrogens (tertiary/aromatic N) is 1. The summed E-state index contributed by atoms with van der Waals surface area (Å²) >= 11 is 0. The second kappa shape index (κ2) is 4.38. The van der Waals surface area contributed by atoms with Gasteiger partial charge in [-0.15, -0.1) is 0 Å². The van der Waals surface area contributed by atoms with E-state index < -0.39 is 0 Å². The van der Waals surface area contributed by atoms with Crippen LogP contribution in [0.4, 0.5) is 0 Å². The minimum absolute atomic E-state index is 1.02. The third-order valence-electron chi connectivity index (χ3n) is 2.93. The number of allylic oxidation sites excluding steroid dienone is 4. The fourth-order valence-corrected chi connectivity index (χ4v) is 2.06. The van der Waals surface area contributed by atoms with Crippen molar-refractivity contribution >= 4 is 5.57 Å². The highest BCUT2D eigenvalue weighted by Gasteiger charge is 2.04. The van der Waals surface area contributed by atoms with Crippen molar-refractivity contribution in [2.75, 3.05) is 0 Å². The van der Waals surface area contributed by atoms with E-state index >= 15 is 0 Å². The molecule has 0 N–H and O–H groups in total. The molecule has 1 aromatic heterocycles. The van der Waals surface area contributed by atoms with E-state index in [1.807, 2.05) is 24.4 Å². The van der Waals surface area contributed by atoms with Crippen LogP contribution in [0.2, 0.25) is 0 Å². The zero-order chi connectivity index (χ0) is 11.5. The fourth-order valence-electron chi connectivity index (χ4n) is 2.06. The Morgan fingerprint density at radius 3 is 2.65 bits per heavy atom. The summed E-state index contributed by atoms with van der Waals surface area (Å²) in [7, 11) is 0. The summed E-state index contributed by atoms with van der Waals surface area (Å²) in [5.74, 6) is 0. The van der Waals surface area contributed by atoms with Crippen molar-refractivity contribution in [3.63, 3.8) is 0 Å². The monoisotopic (exact) mass is 219 g/mol. The highest BCUT2D eigenvalue weighted by Crippen LogP contribution is 2.25. The second-order valence-electron chi connectivity index (χ2n) is 4.09. The quantitative estimate of drug-likeness (QED) is 0.741. The molecule has 17 heavy (non-hydrogen) atoms. The number of pyridine rings is 1. The summed E-state index contributed by atoms with van der Waals surface area (Å²) < 4.78 is 0. The highest BCUT2D eigenvalue weighted by atomic mass is 14.7. The molecular formula is C16H13N. The van der Waals surface area contributed by atoms with Gasteiger partial charge >= 0.3 is 0 Å². The molecule has 2 aromatic rings. The van der Waals surface area contributed by atoms with Crippen molar-refractivity contribution in [2.24, 2.45) is 0 Å². The highest BCUT2D eigenvalue weighted by molar-refractivity contribution is 5.78. The topological polar surface area (TPSA) is 12.9 Å². The first-order valence-corrected chi connectivity index (χ1v) is 5.82. The Morgan fingerprint density at radius 2 is 1.88 bits per heavy atom. The summed E-state index contributed by atoms with van der Waals surface area (Å²) in [5.41, 5.74) is 4.77. The van der Waals surface area contributed by atoms with Gasteiger partial charge in [-0.3, -0.25) is 4.98 Å². The van der Waals surface area contributed by atoms with Crippen LogP contribution in [0.1, 0.15) is 12.0 Å². The molecule has 82 valence electrons. The van der Waals surface area contributed by atoms with Gasteiger partial charge in [-0.25, -0.2) is 0 Å². The van der Waals surface area contributed by atoms with E-state index in [9.17, 15) is 0 Å². The predicted molar refractivity (Wildman–Crippen MR) is 71.4 cm³/mol. The molecule has 0 amide bonds. The molecule has 1 heteroatoms. The largest absolute Gasteiger partial charge is 0.256 e. The van der Waals surface area contributed by atoms with E-state index in [0.29, 0.717) is 0 Å². The number of aromatic nitrogens is 1. The summed E-state index contributed by atoms with van der Waals surface area (Å²) in [4.78, 5) is 4.38. The molecule has 3 rings (SSSR count). The number of rotatable bonds is 2. The Balaban J connectivity index is 2.03. The normalized spacial score (nSPS) is 13.8. The van der Waals surface area contributed by atoms with E-state index in [2.05, 4.69) is 47.5 Å². The SMILES string of the molecule is C1=CC(c2cccc(-c3ccccn3)c2)=CC1. The molecule has 1 aliphatic rings. The third kappa shape index (κ3) is 2.04. The first kappa shape index (κ1) is 10.0. The van der Waals surface area contributed by atoms with Crippen LogP contribution in [0.25, 0.3) is 16.8 Å². The van der Waals surface area contributed by atoms with E-state index in [1.165, 1.54) is 16.7 Å². The van der Waals surface area contributed by atoms with E-state index in [0.717, 1.165) is 12.1 Å². The molecule has 0 bridgehead atoms. The maximum Gasteiger partial charge on any atom is 0.0702 e. The van der Waals surface area contributed by atoms with Crippen molar-refractivity contribution in [1.29, 1.82) is 0 Å². The Kier molecular flexibility index (Phi) is 2.59. The molecule has 0 spiro atoms. The van der Waals surface area contributed by atoms with Gasteiger partial charge in [0.2, 0.25) is 0 Å². The van der Waals surface area contributed by atoms with Crippen LogP contribution < -0.4 is 0 Å². The van der Waals surface area contributed by atoms with Gasteiger partial charge in [0, 0.05) is 11.8 Å². The van der Waals surface area contributed by atoms with Crippen molar-refractivity contribution in [2.45, 2.75) is 6.42 Å². The van der Waals surface area contributed by atoms with Gasteiger partial charge in [0.1, 0.15) is 0 Å². The van der Waals surface area contributed by atoms with Crippen molar-refractivity contribution < 1.29 is 0 Å². The second-order valence-corrected chi connectivity index (χ2v) is 4.09. The molecule has 0 atom stereocenters. The third-order valence-corrected chi connectivity index (χ3v) is 2.93. The minimum atomic E-state index is 1.02. The van der Waals surface area contributed by atoms with Gasteiger partial charge < -0.3 is 0 Å². The van der Waals surface area contributed by atoms with Crippen molar-refractivity contribution in [3.8, 4) is 11.3 Å². The Bertz CT molecular complexity index is 579. The maximum atomic E-state index is 4.38. The molecule has 1 heterocycles. The molecule has 0 unspecified atom stereocenters. The first-order valence-electron chi connectivity index (χ1n) is 5.82. The fraction of sp³-hybridized carbons (Fsp3) is 0.0625. The number of hydrogen-bond donors (Lipinski definition) is 0. The molecule has 0 saturated heterocycles. The Morgan fingerprint density at radius 1 is 0.941 bits per heavy atom. The zero-order valence-corrected chi connectivity index (χ0v) is 9.51. The average molecular weight is 219 g/mol. The number of hydrogen-bond acceptors (Lipinski definition) is 1. The molecule has 0 radical (unpaired) electrons. The molecule has 0 saturated carbocycles. The lowest BCUT2D eigenvalue weighted by molar-refractivity contribution is 1.32. The van der Waals surface area contributed by atoms with Gasteiger partial charge in [-0.05, 0) is 35.8 Å². The van der Waals surface area contributed by atoms with Crippen LogP contribution in [-0.2, 0) is 0 Å². The van der Waals surface area contributed by atoms with Crippen LogP contribution >= 0.6 is 0 Å². The smallest absolute Gasteiger partial charge is 0.0702 e. The van der Waals surface area contributed by atoms with Gasteiger partial charge in [-0.1, -0.05) is 42.5 Å². The van der Waals surface area contributed by atoms with Gasteiger partial charge in [-0.2, -0.15) is 0 Å². The van der Waals surface area contributed by atoms with Crippen LogP contribution in [0.5, 0.6) is 0 Å². The van der Waals surface area contributed by atoms with E-state index in [-0.39, 0.29) is 0 Å². The Hall–Kier alpha value is -2.15. The van der Waals surface area contributed by atoms with Crippen LogP contribution in [-0.4, -0.2) is 4.98 Å². The molecular weight excluding hydrogens is 206 g/mol. The van der Waals surface area contributed by atoms with E-state index in [4.69, 9.17) is 0 Å². The first-order chi connectivity index (χ1) is 8.43. The average Bonchev–Trinajstić information content (AvgIpc) is 2.94. The van der Waals surface area contributed by atoms with Crippen LogP contribution in [0.3, 0.4) is 0 Å². The Labute approximate surface area is 101 Å². The maximum absolute atomic E-state index is 4.38. The molecule has 0 aliphatic heterocycles. The lowest BCUT2D eigenvalue weighted by atomic mass is 10.0. The van der Waals surface area contributed by atoms with Gasteiger partial charge in [0.25, 0.3) is 0 Å². The molecule has 1 nitrogen and oxygen atoms in total. The zero-order valence-electron chi connectivity index (χ0n) is 9.51. The summed E-state index contributed by atoms with van der Waals surface area (Å²) in [6.45, 7) is 0. The minimum Gasteiger partial charge on any atom is -0.256 e. The number of benzene rings is 1. The van der Waals surface area contributed by atoms with Gasteiger partial charge in [0.05, 0.1) is 5.69 Å². The van der Waals surface area contributed by atoms with Gasteiger partial charge in [0.15, 0.2) is 0 Å². The predicted octanol–water partition coefficient (Wildman–Crippen LogP) is 4.09. The summed E-state index contributed by atoms with van der Waals surface area (Å²) in [6.07, 6.45) is 9.48. The van der Waals surface area contributed by atoms with Crippen LogP contribution in [0, 0.1) is 0 Å². The summed E-state index contributed by atoms with van der Waals surface area (Å²) in [5, 5.41) is 0. The molecule has 0 fully saturated rings. The van der Waals surface area contributed by atoms with Crippen LogP contribution in [0.15, 0.2) is 66.9 Å². The van der Waals surface area contributed by atoms with E-state index in [1.54, 1.807) is 0 Å². The van der Waals surface area contributed by atoms with Crippen molar-refractivity contribution in [3.05, 3.63) is 72.5 Å². The lowest BCUT2D eigenvalue weighted by Crippen LogP contribution is -1.84. The molecule has 1 aliphatic carbocycles.